The highest BCUT2D eigenvalue weighted by Gasteiger charge is 2.24. The molecular weight excluding hydrogens is 647 g/mol. The number of ether oxygens (including phenoxy) is 1. The van der Waals surface area contributed by atoms with Gasteiger partial charge < -0.3 is 20.3 Å². The standard InChI is InChI=1S/C46H83NO5/c1-4-7-10-13-16-19-21-22-23-24-26-28-31-34-37-42(52-46(51)39-36-33-30-25-18-15-12-9-6-3)40-45(50)47-43(41-48)44(49)38-35-32-29-27-20-17-14-11-8-5-2/h7,10,16,19,22-23,26,28,42-44,48-49H,4-6,8-9,11-15,17-18,20-21,24-25,27,29-41H2,1-3H3,(H,47,50)/b10-7+,19-16+,23-22+,28-26+. The molecule has 0 bridgehead atoms. The maximum absolute atomic E-state index is 13.1. The molecule has 0 heterocycles. The first-order valence-electron chi connectivity index (χ1n) is 21.9. The number of unbranched alkanes of at least 4 members (excludes halogenated alkanes) is 18. The van der Waals surface area contributed by atoms with Crippen LogP contribution in [0.5, 0.6) is 0 Å². The fourth-order valence-electron chi connectivity index (χ4n) is 6.37. The number of allylic oxidation sites excluding steroid dienone is 8. The van der Waals surface area contributed by atoms with Gasteiger partial charge in [0, 0.05) is 6.42 Å². The van der Waals surface area contributed by atoms with Crippen molar-refractivity contribution in [1.82, 2.24) is 5.32 Å². The zero-order valence-electron chi connectivity index (χ0n) is 34.2. The number of carbonyl (C=O) groups is 2. The Morgan fingerprint density at radius 3 is 1.54 bits per heavy atom. The fraction of sp³-hybridized carbons (Fsp3) is 0.783. The monoisotopic (exact) mass is 730 g/mol. The molecule has 3 unspecified atom stereocenters. The Bertz CT molecular complexity index is 910. The molecule has 0 spiro atoms. The molecule has 0 rings (SSSR count). The molecule has 0 aliphatic rings. The zero-order valence-corrected chi connectivity index (χ0v) is 34.2. The van der Waals surface area contributed by atoms with Crippen molar-refractivity contribution in [2.45, 2.75) is 225 Å². The quantitative estimate of drug-likeness (QED) is 0.0334. The molecule has 0 saturated heterocycles. The van der Waals surface area contributed by atoms with Crippen molar-refractivity contribution < 1.29 is 24.5 Å². The van der Waals surface area contributed by atoms with Crippen LogP contribution < -0.4 is 5.32 Å². The Kier molecular flexibility index (Phi) is 38.3. The van der Waals surface area contributed by atoms with Crippen molar-refractivity contribution in [2.24, 2.45) is 0 Å². The maximum Gasteiger partial charge on any atom is 0.306 e. The van der Waals surface area contributed by atoms with E-state index in [0.717, 1.165) is 77.0 Å². The molecule has 302 valence electrons. The summed E-state index contributed by atoms with van der Waals surface area (Å²) >= 11 is 0. The van der Waals surface area contributed by atoms with Crippen LogP contribution in [0.25, 0.3) is 0 Å². The van der Waals surface area contributed by atoms with Crippen LogP contribution in [0.15, 0.2) is 48.6 Å². The minimum Gasteiger partial charge on any atom is -0.462 e. The lowest BCUT2D eigenvalue weighted by Crippen LogP contribution is -2.46. The summed E-state index contributed by atoms with van der Waals surface area (Å²) < 4.78 is 5.85. The number of rotatable bonds is 38. The number of esters is 1. The van der Waals surface area contributed by atoms with E-state index < -0.39 is 18.2 Å². The van der Waals surface area contributed by atoms with Gasteiger partial charge in [-0.1, -0.05) is 185 Å². The molecule has 52 heavy (non-hydrogen) atoms. The number of aliphatic hydroxyl groups excluding tert-OH is 2. The molecule has 0 radical (unpaired) electrons. The number of nitrogens with one attached hydrogen (secondary N) is 1. The average Bonchev–Trinajstić information content (AvgIpc) is 3.13. The lowest BCUT2D eigenvalue weighted by Gasteiger charge is -2.24. The Hall–Kier alpha value is -2.18. The predicted octanol–water partition coefficient (Wildman–Crippen LogP) is 12.3. The molecule has 0 aliphatic heterocycles. The number of carbonyl (C=O) groups excluding carboxylic acids is 2. The van der Waals surface area contributed by atoms with Gasteiger partial charge in [-0.3, -0.25) is 9.59 Å². The summed E-state index contributed by atoms with van der Waals surface area (Å²) in [5.74, 6) is -0.533. The Labute approximate surface area is 321 Å². The van der Waals surface area contributed by atoms with Gasteiger partial charge in [0.2, 0.25) is 5.91 Å². The van der Waals surface area contributed by atoms with Gasteiger partial charge in [-0.2, -0.15) is 0 Å². The zero-order chi connectivity index (χ0) is 38.2. The fourth-order valence-corrected chi connectivity index (χ4v) is 6.37. The summed E-state index contributed by atoms with van der Waals surface area (Å²) in [6.07, 6.45) is 46.0. The summed E-state index contributed by atoms with van der Waals surface area (Å²) in [6.45, 7) is 6.30. The lowest BCUT2D eigenvalue weighted by molar-refractivity contribution is -0.151. The largest absolute Gasteiger partial charge is 0.462 e. The summed E-state index contributed by atoms with van der Waals surface area (Å²) in [5.41, 5.74) is 0. The normalized spacial score (nSPS) is 13.9. The first-order chi connectivity index (χ1) is 25.5. The van der Waals surface area contributed by atoms with E-state index in [-0.39, 0.29) is 24.9 Å². The molecular formula is C46H83NO5. The van der Waals surface area contributed by atoms with Crippen LogP contribution in [0, 0.1) is 0 Å². The van der Waals surface area contributed by atoms with E-state index in [1.54, 1.807) is 0 Å². The van der Waals surface area contributed by atoms with Crippen LogP contribution in [0.4, 0.5) is 0 Å². The van der Waals surface area contributed by atoms with Gasteiger partial charge in [-0.15, -0.1) is 0 Å². The van der Waals surface area contributed by atoms with Gasteiger partial charge in [-0.05, 0) is 57.8 Å². The van der Waals surface area contributed by atoms with E-state index in [2.05, 4.69) is 74.7 Å². The first kappa shape index (κ1) is 49.8. The number of aliphatic hydroxyl groups is 2. The summed E-state index contributed by atoms with van der Waals surface area (Å²) in [5, 5.41) is 23.5. The molecule has 3 N–H and O–H groups in total. The van der Waals surface area contributed by atoms with Gasteiger partial charge in [0.15, 0.2) is 0 Å². The first-order valence-corrected chi connectivity index (χ1v) is 21.9. The Balaban J connectivity index is 4.71. The van der Waals surface area contributed by atoms with Crippen molar-refractivity contribution in [2.75, 3.05) is 6.61 Å². The lowest BCUT2D eigenvalue weighted by atomic mass is 10.0. The molecule has 0 aliphatic carbocycles. The van der Waals surface area contributed by atoms with Crippen LogP contribution in [-0.4, -0.2) is 46.9 Å². The summed E-state index contributed by atoms with van der Waals surface area (Å²) in [4.78, 5) is 25.9. The molecule has 6 nitrogen and oxygen atoms in total. The highest BCUT2D eigenvalue weighted by Crippen LogP contribution is 2.16. The number of amides is 1. The Morgan fingerprint density at radius 1 is 0.577 bits per heavy atom. The predicted molar refractivity (Wildman–Crippen MR) is 222 cm³/mol. The highest BCUT2D eigenvalue weighted by molar-refractivity contribution is 5.77. The summed E-state index contributed by atoms with van der Waals surface area (Å²) in [7, 11) is 0. The molecule has 3 atom stereocenters. The molecule has 0 saturated carbocycles. The van der Waals surface area contributed by atoms with Crippen LogP contribution in [0.1, 0.15) is 207 Å². The minimum absolute atomic E-state index is 0.0409. The van der Waals surface area contributed by atoms with E-state index in [1.165, 1.54) is 83.5 Å². The Morgan fingerprint density at radius 2 is 1.04 bits per heavy atom. The van der Waals surface area contributed by atoms with E-state index in [0.29, 0.717) is 19.3 Å². The van der Waals surface area contributed by atoms with Crippen molar-refractivity contribution in [1.29, 1.82) is 0 Å². The van der Waals surface area contributed by atoms with Crippen molar-refractivity contribution in [3.63, 3.8) is 0 Å². The maximum atomic E-state index is 13.1. The minimum atomic E-state index is -0.797. The third-order valence-electron chi connectivity index (χ3n) is 9.67. The molecule has 6 heteroatoms. The van der Waals surface area contributed by atoms with E-state index in [4.69, 9.17) is 4.74 Å². The second-order valence-corrected chi connectivity index (χ2v) is 14.7. The van der Waals surface area contributed by atoms with Crippen LogP contribution in [0.3, 0.4) is 0 Å². The van der Waals surface area contributed by atoms with Crippen molar-refractivity contribution >= 4 is 11.9 Å². The van der Waals surface area contributed by atoms with Gasteiger partial charge in [0.25, 0.3) is 0 Å². The van der Waals surface area contributed by atoms with Crippen LogP contribution >= 0.6 is 0 Å². The van der Waals surface area contributed by atoms with Gasteiger partial charge in [0.05, 0.1) is 25.2 Å². The van der Waals surface area contributed by atoms with Crippen molar-refractivity contribution in [3.05, 3.63) is 48.6 Å². The second kappa shape index (κ2) is 40.0. The van der Waals surface area contributed by atoms with Crippen LogP contribution in [-0.2, 0) is 14.3 Å². The third-order valence-corrected chi connectivity index (χ3v) is 9.67. The molecule has 0 aromatic carbocycles. The molecule has 0 aromatic rings. The van der Waals surface area contributed by atoms with Gasteiger partial charge >= 0.3 is 5.97 Å². The van der Waals surface area contributed by atoms with Gasteiger partial charge in [-0.25, -0.2) is 0 Å². The van der Waals surface area contributed by atoms with Gasteiger partial charge in [0.1, 0.15) is 6.10 Å². The van der Waals surface area contributed by atoms with E-state index >= 15 is 0 Å². The second-order valence-electron chi connectivity index (χ2n) is 14.7. The average molecular weight is 730 g/mol. The summed E-state index contributed by atoms with van der Waals surface area (Å²) in [6, 6.07) is -0.714. The smallest absolute Gasteiger partial charge is 0.306 e. The number of hydrogen-bond acceptors (Lipinski definition) is 5. The molecule has 1 amide bonds. The topological polar surface area (TPSA) is 95.9 Å². The van der Waals surface area contributed by atoms with Crippen molar-refractivity contribution in [3.8, 4) is 0 Å². The SMILES string of the molecule is CC/C=C/C/C=C/C/C=C/C/C=C/CCCC(CC(=O)NC(CO)C(O)CCCCCCCCCCCC)OC(=O)CCCCCCCCCCC. The molecule has 0 aromatic heterocycles. The van der Waals surface area contributed by atoms with E-state index in [1.807, 2.05) is 0 Å². The third kappa shape index (κ3) is 34.9. The molecule has 0 fully saturated rings. The van der Waals surface area contributed by atoms with E-state index in [9.17, 15) is 19.8 Å². The highest BCUT2D eigenvalue weighted by atomic mass is 16.5. The van der Waals surface area contributed by atoms with Crippen LogP contribution in [0.2, 0.25) is 0 Å². The number of hydrogen-bond donors (Lipinski definition) is 3.